The van der Waals surface area contributed by atoms with E-state index in [0.717, 1.165) is 16.7 Å². The quantitative estimate of drug-likeness (QED) is 0.699. The second-order valence-corrected chi connectivity index (χ2v) is 6.47. The van der Waals surface area contributed by atoms with Crippen LogP contribution < -0.4 is 19.5 Å². The predicted molar refractivity (Wildman–Crippen MR) is 106 cm³/mol. The second kappa shape index (κ2) is 8.36. The first kappa shape index (κ1) is 18.4. The largest absolute Gasteiger partial charge is 0.484 e. The summed E-state index contributed by atoms with van der Waals surface area (Å²) < 4.78 is 16.2. The summed E-state index contributed by atoms with van der Waals surface area (Å²) >= 11 is 0. The van der Waals surface area contributed by atoms with E-state index in [4.69, 9.17) is 19.5 Å². The maximum atomic E-state index is 12.1. The maximum absolute atomic E-state index is 12.1. The minimum Gasteiger partial charge on any atom is -0.484 e. The fourth-order valence-electron chi connectivity index (χ4n) is 2.93. The zero-order chi connectivity index (χ0) is 20.1. The third kappa shape index (κ3) is 4.47. The van der Waals surface area contributed by atoms with Crippen LogP contribution in [0.2, 0.25) is 0 Å². The number of nitrogens with zero attached hydrogens (tertiary/aromatic N) is 1. The molecule has 0 saturated heterocycles. The lowest BCUT2D eigenvalue weighted by Crippen LogP contribution is -2.28. The van der Waals surface area contributed by atoms with E-state index in [2.05, 4.69) is 11.4 Å². The Morgan fingerprint density at radius 3 is 2.38 bits per heavy atom. The van der Waals surface area contributed by atoms with Crippen LogP contribution in [0.1, 0.15) is 11.1 Å². The van der Waals surface area contributed by atoms with Crippen molar-refractivity contribution in [3.05, 3.63) is 77.9 Å². The van der Waals surface area contributed by atoms with Gasteiger partial charge in [0.25, 0.3) is 5.91 Å². The molecule has 0 atom stereocenters. The van der Waals surface area contributed by atoms with E-state index in [0.29, 0.717) is 29.4 Å². The number of fused-ring (bicyclic) bond motifs is 1. The number of hydrogen-bond acceptors (Lipinski definition) is 5. The standard InChI is InChI=1S/C23H18N2O4/c24-12-16-1-4-18(5-2-16)19-6-8-20(9-7-19)27-14-23(26)25-13-17-3-10-21-22(11-17)29-15-28-21/h1-11H,13-15H2,(H,25,26). The number of rotatable bonds is 6. The first-order chi connectivity index (χ1) is 14.2. The van der Waals surface area contributed by atoms with Gasteiger partial charge in [-0.15, -0.1) is 0 Å². The fourth-order valence-corrected chi connectivity index (χ4v) is 2.93. The number of amides is 1. The first-order valence-corrected chi connectivity index (χ1v) is 9.10. The van der Waals surface area contributed by atoms with Crippen molar-refractivity contribution >= 4 is 5.91 Å². The lowest BCUT2D eigenvalue weighted by atomic mass is 10.0. The Balaban J connectivity index is 1.27. The van der Waals surface area contributed by atoms with Gasteiger partial charge in [-0.1, -0.05) is 30.3 Å². The van der Waals surface area contributed by atoms with Gasteiger partial charge in [0.1, 0.15) is 5.75 Å². The van der Waals surface area contributed by atoms with Crippen molar-refractivity contribution in [2.75, 3.05) is 13.4 Å². The first-order valence-electron chi connectivity index (χ1n) is 9.10. The van der Waals surface area contributed by atoms with Crippen LogP contribution in [-0.4, -0.2) is 19.3 Å². The maximum Gasteiger partial charge on any atom is 0.258 e. The molecule has 3 aromatic carbocycles. The van der Waals surface area contributed by atoms with Crippen LogP contribution in [0.25, 0.3) is 11.1 Å². The highest BCUT2D eigenvalue weighted by atomic mass is 16.7. The molecule has 0 fully saturated rings. The number of nitrogens with one attached hydrogen (secondary N) is 1. The summed E-state index contributed by atoms with van der Waals surface area (Å²) in [7, 11) is 0. The molecule has 0 aromatic heterocycles. The van der Waals surface area contributed by atoms with Crippen molar-refractivity contribution in [3.8, 4) is 34.4 Å². The van der Waals surface area contributed by atoms with E-state index in [1.807, 2.05) is 54.6 Å². The zero-order valence-electron chi connectivity index (χ0n) is 15.6. The van der Waals surface area contributed by atoms with Crippen molar-refractivity contribution < 1.29 is 19.0 Å². The number of nitriles is 1. The lowest BCUT2D eigenvalue weighted by Gasteiger charge is -2.09. The summed E-state index contributed by atoms with van der Waals surface area (Å²) in [6.45, 7) is 0.542. The number of carbonyl (C=O) groups is 1. The summed E-state index contributed by atoms with van der Waals surface area (Å²) in [5, 5.41) is 11.7. The third-order valence-corrected chi connectivity index (χ3v) is 4.50. The summed E-state index contributed by atoms with van der Waals surface area (Å²) in [4.78, 5) is 12.1. The molecular weight excluding hydrogens is 368 g/mol. The number of hydrogen-bond donors (Lipinski definition) is 1. The normalized spacial score (nSPS) is 11.6. The van der Waals surface area contributed by atoms with E-state index in [1.54, 1.807) is 12.1 Å². The number of carbonyl (C=O) groups excluding carboxylic acids is 1. The summed E-state index contributed by atoms with van der Waals surface area (Å²) in [6, 6.07) is 22.5. The molecule has 1 amide bonds. The Morgan fingerprint density at radius 1 is 0.966 bits per heavy atom. The molecule has 3 aromatic rings. The Kier molecular flexibility index (Phi) is 5.30. The van der Waals surface area contributed by atoms with Gasteiger partial charge < -0.3 is 19.5 Å². The molecule has 0 spiro atoms. The van der Waals surface area contributed by atoms with Gasteiger partial charge >= 0.3 is 0 Å². The highest BCUT2D eigenvalue weighted by Gasteiger charge is 2.13. The monoisotopic (exact) mass is 386 g/mol. The predicted octanol–water partition coefficient (Wildman–Crippen LogP) is 3.65. The molecule has 0 radical (unpaired) electrons. The van der Waals surface area contributed by atoms with Gasteiger partial charge in [0.05, 0.1) is 11.6 Å². The Morgan fingerprint density at radius 2 is 1.66 bits per heavy atom. The zero-order valence-corrected chi connectivity index (χ0v) is 15.6. The van der Waals surface area contributed by atoms with Crippen molar-refractivity contribution in [1.82, 2.24) is 5.32 Å². The van der Waals surface area contributed by atoms with Crippen LogP contribution in [0, 0.1) is 11.3 Å². The van der Waals surface area contributed by atoms with E-state index in [9.17, 15) is 4.79 Å². The van der Waals surface area contributed by atoms with Gasteiger partial charge in [0, 0.05) is 6.54 Å². The molecule has 1 aliphatic heterocycles. The van der Waals surface area contributed by atoms with Crippen LogP contribution in [0.3, 0.4) is 0 Å². The molecule has 4 rings (SSSR count). The van der Waals surface area contributed by atoms with Gasteiger partial charge in [-0.2, -0.15) is 5.26 Å². The molecule has 6 heteroatoms. The van der Waals surface area contributed by atoms with Gasteiger partial charge in [0.15, 0.2) is 18.1 Å². The SMILES string of the molecule is N#Cc1ccc(-c2ccc(OCC(=O)NCc3ccc4c(c3)OCO4)cc2)cc1. The van der Waals surface area contributed by atoms with E-state index in [-0.39, 0.29) is 19.3 Å². The van der Waals surface area contributed by atoms with E-state index < -0.39 is 0 Å². The van der Waals surface area contributed by atoms with Crippen molar-refractivity contribution in [1.29, 1.82) is 5.26 Å². The van der Waals surface area contributed by atoms with Crippen molar-refractivity contribution in [2.24, 2.45) is 0 Å². The van der Waals surface area contributed by atoms with Crippen LogP contribution >= 0.6 is 0 Å². The van der Waals surface area contributed by atoms with Gasteiger partial charge in [0.2, 0.25) is 6.79 Å². The molecular formula is C23H18N2O4. The highest BCUT2D eigenvalue weighted by molar-refractivity contribution is 5.77. The summed E-state index contributed by atoms with van der Waals surface area (Å²) in [5.74, 6) is 1.81. The molecule has 6 nitrogen and oxygen atoms in total. The Hall–Kier alpha value is -3.98. The van der Waals surface area contributed by atoms with Gasteiger partial charge in [-0.05, 0) is 53.1 Å². The van der Waals surface area contributed by atoms with E-state index >= 15 is 0 Å². The lowest BCUT2D eigenvalue weighted by molar-refractivity contribution is -0.123. The van der Waals surface area contributed by atoms with Gasteiger partial charge in [-0.25, -0.2) is 0 Å². The minimum absolute atomic E-state index is 0.0687. The Labute approximate surface area is 168 Å². The van der Waals surface area contributed by atoms with Crippen LogP contribution in [0.5, 0.6) is 17.2 Å². The molecule has 1 aliphatic rings. The molecule has 0 aliphatic carbocycles. The van der Waals surface area contributed by atoms with Gasteiger partial charge in [-0.3, -0.25) is 4.79 Å². The fraction of sp³-hybridized carbons (Fsp3) is 0.130. The second-order valence-electron chi connectivity index (χ2n) is 6.47. The van der Waals surface area contributed by atoms with Crippen LogP contribution in [-0.2, 0) is 11.3 Å². The molecule has 29 heavy (non-hydrogen) atoms. The molecule has 0 bridgehead atoms. The molecule has 1 heterocycles. The van der Waals surface area contributed by atoms with Crippen LogP contribution in [0.15, 0.2) is 66.7 Å². The third-order valence-electron chi connectivity index (χ3n) is 4.50. The van der Waals surface area contributed by atoms with Crippen molar-refractivity contribution in [3.63, 3.8) is 0 Å². The molecule has 144 valence electrons. The summed E-state index contributed by atoms with van der Waals surface area (Å²) in [5.41, 5.74) is 3.57. The minimum atomic E-state index is -0.209. The van der Waals surface area contributed by atoms with Crippen LogP contribution in [0.4, 0.5) is 0 Å². The molecule has 1 N–H and O–H groups in total. The molecule has 0 unspecified atom stereocenters. The smallest absolute Gasteiger partial charge is 0.258 e. The average Bonchev–Trinajstić information content (AvgIpc) is 3.24. The number of ether oxygens (including phenoxy) is 3. The van der Waals surface area contributed by atoms with E-state index in [1.165, 1.54) is 0 Å². The topological polar surface area (TPSA) is 80.6 Å². The van der Waals surface area contributed by atoms with Crippen molar-refractivity contribution in [2.45, 2.75) is 6.54 Å². The Bertz CT molecular complexity index is 1050. The highest BCUT2D eigenvalue weighted by Crippen LogP contribution is 2.32. The number of benzene rings is 3. The average molecular weight is 386 g/mol. The molecule has 0 saturated carbocycles. The summed E-state index contributed by atoms with van der Waals surface area (Å²) in [6.07, 6.45) is 0.